The minimum atomic E-state index is -0.397. The van der Waals surface area contributed by atoms with Crippen LogP contribution in [0.15, 0.2) is 90.2 Å². The molecule has 0 atom stereocenters. The number of non-ortho nitro benzene ring substituents is 1. The number of hydrogen-bond acceptors (Lipinski definition) is 5. The minimum absolute atomic E-state index is 0.0442. The van der Waals surface area contributed by atoms with Crippen LogP contribution in [0.25, 0.3) is 16.9 Å². The second-order valence-electron chi connectivity index (χ2n) is 6.50. The van der Waals surface area contributed by atoms with Crippen molar-refractivity contribution < 1.29 is 9.66 Å². The molecule has 0 amide bonds. The Hall–Kier alpha value is -3.58. The first-order chi connectivity index (χ1) is 14.7. The van der Waals surface area contributed by atoms with Crippen molar-refractivity contribution in [3.05, 3.63) is 101 Å². The normalized spacial score (nSPS) is 10.7. The number of aromatic nitrogens is 2. The molecule has 4 rings (SSSR count). The van der Waals surface area contributed by atoms with Crippen molar-refractivity contribution >= 4 is 17.4 Å². The number of nitrogens with zero attached hydrogens (tertiary/aromatic N) is 3. The summed E-state index contributed by atoms with van der Waals surface area (Å²) < 4.78 is 7.50. The van der Waals surface area contributed by atoms with E-state index < -0.39 is 4.92 Å². The molecule has 0 radical (unpaired) electrons. The van der Waals surface area contributed by atoms with Crippen LogP contribution in [0.4, 0.5) is 5.69 Å². The molecule has 0 aliphatic heterocycles. The van der Waals surface area contributed by atoms with E-state index in [1.165, 1.54) is 17.8 Å². The molecule has 0 unspecified atom stereocenters. The van der Waals surface area contributed by atoms with Gasteiger partial charge in [-0.3, -0.25) is 14.7 Å². The molecular formula is C23H19N3O3S. The first-order valence-electron chi connectivity index (χ1n) is 9.30. The second kappa shape index (κ2) is 8.84. The lowest BCUT2D eigenvalue weighted by molar-refractivity contribution is -0.384. The molecule has 7 heteroatoms. The van der Waals surface area contributed by atoms with Gasteiger partial charge < -0.3 is 4.74 Å². The van der Waals surface area contributed by atoms with Crippen LogP contribution in [0.2, 0.25) is 0 Å². The van der Waals surface area contributed by atoms with Crippen LogP contribution in [-0.2, 0) is 5.75 Å². The average Bonchev–Trinajstić information content (AvgIpc) is 3.22. The van der Waals surface area contributed by atoms with Gasteiger partial charge in [0, 0.05) is 34.7 Å². The molecule has 4 aromatic rings. The standard InChI is InChI=1S/C23H19N3O3S/c1-29-22-13-12-20(26(27)28)14-18(22)16-30-23-24-15-21(17-8-4-2-5-9-17)25(23)19-10-6-3-7-11-19/h2-15H,16H2,1H3. The molecule has 0 saturated heterocycles. The van der Waals surface area contributed by atoms with E-state index >= 15 is 0 Å². The van der Waals surface area contributed by atoms with E-state index in [0.29, 0.717) is 11.5 Å². The molecule has 0 aliphatic rings. The Morgan fingerprint density at radius 3 is 2.40 bits per heavy atom. The summed E-state index contributed by atoms with van der Waals surface area (Å²) in [5.41, 5.74) is 3.84. The summed E-state index contributed by atoms with van der Waals surface area (Å²) in [7, 11) is 1.56. The maximum Gasteiger partial charge on any atom is 0.270 e. The summed E-state index contributed by atoms with van der Waals surface area (Å²) in [5.74, 6) is 1.11. The van der Waals surface area contributed by atoms with Gasteiger partial charge in [-0.25, -0.2) is 4.98 Å². The van der Waals surface area contributed by atoms with Crippen LogP contribution in [0.3, 0.4) is 0 Å². The van der Waals surface area contributed by atoms with E-state index in [0.717, 1.165) is 27.7 Å². The molecule has 0 aliphatic carbocycles. The fraction of sp³-hybridized carbons (Fsp3) is 0.0870. The number of imidazole rings is 1. The van der Waals surface area contributed by atoms with Crippen LogP contribution in [0, 0.1) is 10.1 Å². The third-order valence-electron chi connectivity index (χ3n) is 4.64. The fourth-order valence-corrected chi connectivity index (χ4v) is 4.18. The van der Waals surface area contributed by atoms with Gasteiger partial charge in [-0.2, -0.15) is 0 Å². The predicted molar refractivity (Wildman–Crippen MR) is 118 cm³/mol. The smallest absolute Gasteiger partial charge is 0.270 e. The Balaban J connectivity index is 1.71. The Labute approximate surface area is 178 Å². The van der Waals surface area contributed by atoms with Crippen molar-refractivity contribution in [2.24, 2.45) is 0 Å². The molecule has 3 aromatic carbocycles. The van der Waals surface area contributed by atoms with Gasteiger partial charge >= 0.3 is 0 Å². The zero-order valence-corrected chi connectivity index (χ0v) is 17.1. The number of methoxy groups -OCH3 is 1. The Bertz CT molecular complexity index is 1160. The van der Waals surface area contributed by atoms with Crippen molar-refractivity contribution in [3.8, 4) is 22.7 Å². The highest BCUT2D eigenvalue weighted by Gasteiger charge is 2.16. The zero-order chi connectivity index (χ0) is 20.9. The molecular weight excluding hydrogens is 398 g/mol. The van der Waals surface area contributed by atoms with Crippen molar-refractivity contribution in [3.63, 3.8) is 0 Å². The van der Waals surface area contributed by atoms with Crippen molar-refractivity contribution in [1.82, 2.24) is 9.55 Å². The first kappa shape index (κ1) is 19.7. The number of benzene rings is 3. The van der Waals surface area contributed by atoms with E-state index in [1.807, 2.05) is 54.7 Å². The van der Waals surface area contributed by atoms with Gasteiger partial charge in [0.25, 0.3) is 5.69 Å². The first-order valence-corrected chi connectivity index (χ1v) is 10.3. The summed E-state index contributed by atoms with van der Waals surface area (Å²) in [6.07, 6.45) is 1.86. The van der Waals surface area contributed by atoms with Crippen molar-refractivity contribution in [2.75, 3.05) is 7.11 Å². The molecule has 0 spiro atoms. The SMILES string of the molecule is COc1ccc([N+](=O)[O-])cc1CSc1ncc(-c2ccccc2)n1-c1ccccc1. The summed E-state index contributed by atoms with van der Waals surface area (Å²) in [6.45, 7) is 0. The van der Waals surface area contributed by atoms with Crippen LogP contribution < -0.4 is 4.74 Å². The summed E-state index contributed by atoms with van der Waals surface area (Å²) in [5, 5.41) is 12.0. The number of ether oxygens (including phenoxy) is 1. The molecule has 150 valence electrons. The molecule has 1 heterocycles. The number of rotatable bonds is 7. The molecule has 0 bridgehead atoms. The molecule has 0 N–H and O–H groups in total. The van der Waals surface area contributed by atoms with Gasteiger partial charge in [-0.1, -0.05) is 60.3 Å². The van der Waals surface area contributed by atoms with E-state index in [9.17, 15) is 10.1 Å². The molecule has 0 saturated carbocycles. The number of nitro benzene ring substituents is 1. The minimum Gasteiger partial charge on any atom is -0.496 e. The summed E-state index contributed by atoms with van der Waals surface area (Å²) in [6, 6.07) is 24.7. The number of thioether (sulfide) groups is 1. The highest BCUT2D eigenvalue weighted by molar-refractivity contribution is 7.98. The van der Waals surface area contributed by atoms with Gasteiger partial charge in [-0.15, -0.1) is 0 Å². The highest BCUT2D eigenvalue weighted by Crippen LogP contribution is 2.34. The molecule has 1 aromatic heterocycles. The molecule has 30 heavy (non-hydrogen) atoms. The molecule has 6 nitrogen and oxygen atoms in total. The largest absolute Gasteiger partial charge is 0.496 e. The van der Waals surface area contributed by atoms with E-state index in [4.69, 9.17) is 4.74 Å². The predicted octanol–water partition coefficient (Wildman–Crippen LogP) is 5.75. The number of nitro groups is 1. The second-order valence-corrected chi connectivity index (χ2v) is 7.45. The van der Waals surface area contributed by atoms with Crippen LogP contribution >= 0.6 is 11.8 Å². The Morgan fingerprint density at radius 2 is 1.73 bits per heavy atom. The van der Waals surface area contributed by atoms with Crippen molar-refractivity contribution in [1.29, 1.82) is 0 Å². The third kappa shape index (κ3) is 4.06. The van der Waals surface area contributed by atoms with Crippen LogP contribution in [0.5, 0.6) is 5.75 Å². The highest BCUT2D eigenvalue weighted by atomic mass is 32.2. The number of hydrogen-bond donors (Lipinski definition) is 0. The van der Waals surface area contributed by atoms with E-state index in [-0.39, 0.29) is 5.69 Å². The summed E-state index contributed by atoms with van der Waals surface area (Å²) in [4.78, 5) is 15.4. The Kier molecular flexibility index (Phi) is 5.81. The van der Waals surface area contributed by atoms with Crippen LogP contribution in [0.1, 0.15) is 5.56 Å². The van der Waals surface area contributed by atoms with Gasteiger partial charge in [0.15, 0.2) is 5.16 Å². The van der Waals surface area contributed by atoms with Crippen molar-refractivity contribution in [2.45, 2.75) is 10.9 Å². The number of para-hydroxylation sites is 1. The topological polar surface area (TPSA) is 70.2 Å². The van der Waals surface area contributed by atoms with Crippen LogP contribution in [-0.4, -0.2) is 21.6 Å². The van der Waals surface area contributed by atoms with Gasteiger partial charge in [0.1, 0.15) is 5.75 Å². The van der Waals surface area contributed by atoms with E-state index in [1.54, 1.807) is 19.2 Å². The average molecular weight is 417 g/mol. The monoisotopic (exact) mass is 417 g/mol. The van der Waals surface area contributed by atoms with E-state index in [2.05, 4.69) is 21.7 Å². The fourth-order valence-electron chi connectivity index (χ4n) is 3.21. The maximum atomic E-state index is 11.2. The maximum absolute atomic E-state index is 11.2. The van der Waals surface area contributed by atoms with Gasteiger partial charge in [-0.05, 0) is 18.2 Å². The third-order valence-corrected chi connectivity index (χ3v) is 5.65. The van der Waals surface area contributed by atoms with Gasteiger partial charge in [0.05, 0.1) is 23.9 Å². The lowest BCUT2D eigenvalue weighted by Crippen LogP contribution is -2.00. The Morgan fingerprint density at radius 1 is 1.03 bits per heavy atom. The quantitative estimate of drug-likeness (QED) is 0.218. The lowest BCUT2D eigenvalue weighted by atomic mass is 10.1. The zero-order valence-electron chi connectivity index (χ0n) is 16.3. The summed E-state index contributed by atoms with van der Waals surface area (Å²) >= 11 is 1.51. The van der Waals surface area contributed by atoms with Gasteiger partial charge in [0.2, 0.25) is 0 Å². The molecule has 0 fully saturated rings. The lowest BCUT2D eigenvalue weighted by Gasteiger charge is -2.13.